The zero-order chi connectivity index (χ0) is 24.0. The van der Waals surface area contributed by atoms with E-state index in [0.717, 1.165) is 11.1 Å². The van der Waals surface area contributed by atoms with Crippen LogP contribution in [0.25, 0.3) is 0 Å². The summed E-state index contributed by atoms with van der Waals surface area (Å²) in [5.41, 5.74) is 2.58. The first-order valence-electron chi connectivity index (χ1n) is 10.9. The smallest absolute Gasteiger partial charge is 0.326 e. The number of rotatable bonds is 10. The summed E-state index contributed by atoms with van der Waals surface area (Å²) >= 11 is 0. The molecule has 0 fully saturated rings. The minimum absolute atomic E-state index is 0.0534. The molecular weight excluding hydrogens is 426 g/mol. The van der Waals surface area contributed by atoms with Gasteiger partial charge in [0.1, 0.15) is 11.8 Å². The van der Waals surface area contributed by atoms with E-state index in [1.165, 1.54) is 11.0 Å². The van der Waals surface area contributed by atoms with Gasteiger partial charge in [0.2, 0.25) is 0 Å². The average Bonchev–Trinajstić information content (AvgIpc) is 2.79. The van der Waals surface area contributed by atoms with Gasteiger partial charge in [-0.05, 0) is 50.5 Å². The molecule has 0 bridgehead atoms. The molecule has 33 heavy (non-hydrogen) atoms. The number of esters is 1. The van der Waals surface area contributed by atoms with Crippen LogP contribution >= 0.6 is 0 Å². The minimum Gasteiger partial charge on any atom is -0.482 e. The molecule has 0 aliphatic carbocycles. The lowest BCUT2D eigenvalue weighted by Gasteiger charge is -2.34. The number of anilines is 1. The number of Topliss-reactive ketones (excluding diaryl/α,β-unsaturated/α-hetero) is 1. The summed E-state index contributed by atoms with van der Waals surface area (Å²) in [7, 11) is 0. The van der Waals surface area contributed by atoms with Crippen LogP contribution in [-0.4, -0.2) is 48.0 Å². The van der Waals surface area contributed by atoms with E-state index in [4.69, 9.17) is 9.47 Å². The van der Waals surface area contributed by atoms with E-state index in [-0.39, 0.29) is 49.5 Å². The number of hydrogen-bond donors (Lipinski definition) is 1. The second-order valence-electron chi connectivity index (χ2n) is 7.84. The van der Waals surface area contributed by atoms with Gasteiger partial charge in [0.25, 0.3) is 5.91 Å². The third kappa shape index (κ3) is 5.97. The fourth-order valence-electron chi connectivity index (χ4n) is 3.70. The van der Waals surface area contributed by atoms with Gasteiger partial charge in [0, 0.05) is 12.0 Å². The molecule has 1 aliphatic rings. The van der Waals surface area contributed by atoms with Crippen LogP contribution in [-0.2, 0) is 25.5 Å². The van der Waals surface area contributed by atoms with Gasteiger partial charge in [0.05, 0.1) is 18.7 Å². The van der Waals surface area contributed by atoms with Crippen molar-refractivity contribution in [2.75, 3.05) is 18.1 Å². The summed E-state index contributed by atoms with van der Waals surface area (Å²) in [6.45, 7) is 3.61. The van der Waals surface area contributed by atoms with Crippen LogP contribution in [0.4, 0.5) is 5.69 Å². The van der Waals surface area contributed by atoms with E-state index in [2.05, 4.69) is 0 Å². The van der Waals surface area contributed by atoms with E-state index in [1.54, 1.807) is 19.1 Å². The highest BCUT2D eigenvalue weighted by molar-refractivity contribution is 6.05. The number of carboxylic acid groups (broad SMARTS) is 1. The van der Waals surface area contributed by atoms with Gasteiger partial charge in [-0.2, -0.15) is 0 Å². The first-order chi connectivity index (χ1) is 15.8. The molecule has 8 heteroatoms. The first kappa shape index (κ1) is 24.0. The number of amides is 1. The zero-order valence-corrected chi connectivity index (χ0v) is 18.7. The molecule has 1 unspecified atom stereocenters. The van der Waals surface area contributed by atoms with Crippen molar-refractivity contribution in [2.45, 2.75) is 45.6 Å². The van der Waals surface area contributed by atoms with Gasteiger partial charge < -0.3 is 14.6 Å². The summed E-state index contributed by atoms with van der Waals surface area (Å²) in [4.78, 5) is 50.2. The zero-order valence-electron chi connectivity index (χ0n) is 18.7. The standard InChI is InChI=1S/C25H27NO7/c1-3-32-24(29)13-11-21(27)18-9-12-22-20(14-18)26(23(28)15-33-22)19(25(30)31)10-8-17-6-4-16(2)5-7-17/h4-7,9,12,14,19H,3,8,10-11,13,15H2,1-2H3,(H,30,31). The Bertz CT molecular complexity index is 1050. The lowest BCUT2D eigenvalue weighted by Crippen LogP contribution is -2.49. The molecule has 1 heterocycles. The number of nitrogens with zero attached hydrogens (tertiary/aromatic N) is 1. The molecule has 0 spiro atoms. The topological polar surface area (TPSA) is 110 Å². The number of hydrogen-bond acceptors (Lipinski definition) is 6. The van der Waals surface area contributed by atoms with Gasteiger partial charge >= 0.3 is 11.9 Å². The molecular formula is C25H27NO7. The number of carbonyl (C=O) groups is 4. The lowest BCUT2D eigenvalue weighted by molar-refractivity contribution is -0.143. The Morgan fingerprint density at radius 2 is 1.85 bits per heavy atom. The van der Waals surface area contributed by atoms with Crippen molar-refractivity contribution in [3.8, 4) is 5.75 Å². The first-order valence-corrected chi connectivity index (χ1v) is 10.9. The van der Waals surface area contributed by atoms with E-state index >= 15 is 0 Å². The van der Waals surface area contributed by atoms with Crippen LogP contribution in [0.5, 0.6) is 5.75 Å². The normalized spacial score (nSPS) is 13.6. The van der Waals surface area contributed by atoms with Crippen molar-refractivity contribution in [1.29, 1.82) is 0 Å². The number of aliphatic carboxylic acids is 1. The Labute approximate surface area is 192 Å². The van der Waals surface area contributed by atoms with Crippen molar-refractivity contribution in [3.63, 3.8) is 0 Å². The molecule has 1 amide bonds. The molecule has 0 saturated carbocycles. The molecule has 0 radical (unpaired) electrons. The van der Waals surface area contributed by atoms with Crippen LogP contribution in [0.2, 0.25) is 0 Å². The summed E-state index contributed by atoms with van der Waals surface area (Å²) in [6, 6.07) is 11.2. The average molecular weight is 453 g/mol. The van der Waals surface area contributed by atoms with Crippen molar-refractivity contribution in [3.05, 3.63) is 59.2 Å². The number of ketones is 1. The second-order valence-corrected chi connectivity index (χ2v) is 7.84. The van der Waals surface area contributed by atoms with E-state index in [1.807, 2.05) is 31.2 Å². The number of carbonyl (C=O) groups excluding carboxylic acids is 3. The third-order valence-electron chi connectivity index (χ3n) is 5.45. The van der Waals surface area contributed by atoms with Crippen molar-refractivity contribution < 1.29 is 33.8 Å². The number of carboxylic acids is 1. The molecule has 174 valence electrons. The minimum atomic E-state index is -1.14. The van der Waals surface area contributed by atoms with Crippen LogP contribution in [0, 0.1) is 6.92 Å². The molecule has 3 rings (SSSR count). The highest BCUT2D eigenvalue weighted by Crippen LogP contribution is 2.35. The van der Waals surface area contributed by atoms with Gasteiger partial charge in [-0.25, -0.2) is 4.79 Å². The van der Waals surface area contributed by atoms with Crippen LogP contribution < -0.4 is 9.64 Å². The van der Waals surface area contributed by atoms with E-state index < -0.39 is 23.9 Å². The maximum atomic E-state index is 12.7. The van der Waals surface area contributed by atoms with Gasteiger partial charge in [-0.15, -0.1) is 0 Å². The summed E-state index contributed by atoms with van der Waals surface area (Å²) in [6.07, 6.45) is 0.555. The Kier molecular flexibility index (Phi) is 7.82. The molecule has 1 N–H and O–H groups in total. The molecule has 1 atom stereocenters. The number of aryl methyl sites for hydroxylation is 2. The van der Waals surface area contributed by atoms with Gasteiger partial charge in [0.15, 0.2) is 12.4 Å². The lowest BCUT2D eigenvalue weighted by atomic mass is 10.00. The van der Waals surface area contributed by atoms with Crippen molar-refractivity contribution in [1.82, 2.24) is 0 Å². The Balaban J connectivity index is 1.83. The monoisotopic (exact) mass is 453 g/mol. The summed E-state index contributed by atoms with van der Waals surface area (Å²) < 4.78 is 10.3. The Morgan fingerprint density at radius 3 is 2.52 bits per heavy atom. The van der Waals surface area contributed by atoms with Crippen LogP contribution in [0.3, 0.4) is 0 Å². The van der Waals surface area contributed by atoms with E-state index in [0.29, 0.717) is 12.2 Å². The summed E-state index contributed by atoms with van der Waals surface area (Å²) in [5, 5.41) is 9.91. The molecule has 2 aromatic carbocycles. The quantitative estimate of drug-likeness (QED) is 0.434. The summed E-state index contributed by atoms with van der Waals surface area (Å²) in [5.74, 6) is -2.07. The fraction of sp³-hybridized carbons (Fsp3) is 0.360. The predicted octanol–water partition coefficient (Wildman–Crippen LogP) is 3.33. The fourth-order valence-corrected chi connectivity index (χ4v) is 3.70. The Morgan fingerprint density at radius 1 is 1.12 bits per heavy atom. The second kappa shape index (κ2) is 10.8. The van der Waals surface area contributed by atoms with Crippen LogP contribution in [0.15, 0.2) is 42.5 Å². The molecule has 2 aromatic rings. The number of fused-ring (bicyclic) bond motifs is 1. The Hall–Kier alpha value is -3.68. The highest BCUT2D eigenvalue weighted by Gasteiger charge is 2.36. The number of benzene rings is 2. The highest BCUT2D eigenvalue weighted by atomic mass is 16.5. The third-order valence-corrected chi connectivity index (χ3v) is 5.45. The van der Waals surface area contributed by atoms with Crippen molar-refractivity contribution in [2.24, 2.45) is 0 Å². The molecule has 1 aliphatic heterocycles. The molecule has 0 aromatic heterocycles. The predicted molar refractivity (Wildman–Crippen MR) is 121 cm³/mol. The van der Waals surface area contributed by atoms with Gasteiger partial charge in [-0.1, -0.05) is 29.8 Å². The maximum Gasteiger partial charge on any atom is 0.326 e. The largest absolute Gasteiger partial charge is 0.482 e. The maximum absolute atomic E-state index is 12.7. The SMILES string of the molecule is CCOC(=O)CCC(=O)c1ccc2c(c1)N(C(CCc1ccc(C)cc1)C(=O)O)C(=O)CO2. The van der Waals surface area contributed by atoms with Crippen molar-refractivity contribution >= 4 is 29.3 Å². The van der Waals surface area contributed by atoms with Crippen LogP contribution in [0.1, 0.15) is 47.7 Å². The molecule has 0 saturated heterocycles. The number of ether oxygens (including phenoxy) is 2. The molecule has 8 nitrogen and oxygen atoms in total. The van der Waals surface area contributed by atoms with E-state index in [9.17, 15) is 24.3 Å². The van der Waals surface area contributed by atoms with Gasteiger partial charge in [-0.3, -0.25) is 19.3 Å².